The number of hydrogen-bond acceptors (Lipinski definition) is 8. The van der Waals surface area contributed by atoms with E-state index in [2.05, 4.69) is 4.89 Å². The van der Waals surface area contributed by atoms with Crippen LogP contribution in [0.1, 0.15) is 105 Å². The third kappa shape index (κ3) is 12.7. The van der Waals surface area contributed by atoms with Crippen LogP contribution >= 0.6 is 0 Å². The van der Waals surface area contributed by atoms with Gasteiger partial charge in [-0.2, -0.15) is 0 Å². The van der Waals surface area contributed by atoms with Crippen molar-refractivity contribution >= 4 is 35.7 Å². The third-order valence-electron chi connectivity index (χ3n) is 5.97. The summed E-state index contributed by atoms with van der Waals surface area (Å²) in [6.45, 7) is 12.0. The normalized spacial score (nSPS) is 15.8. The number of urea groups is 2. The molecule has 12 heteroatoms. The molecule has 0 radical (unpaired) electrons. The van der Waals surface area contributed by atoms with E-state index in [1.165, 1.54) is 19.6 Å². The van der Waals surface area contributed by atoms with E-state index in [4.69, 9.17) is 5.26 Å². The molecule has 0 atom stereocenters. The number of amides is 8. The van der Waals surface area contributed by atoms with Gasteiger partial charge in [-0.3, -0.25) is 44.0 Å². The Balaban J connectivity index is 0.000000632. The van der Waals surface area contributed by atoms with Crippen LogP contribution in [0, 0.1) is 0 Å². The monoisotopic (exact) mass is 556 g/mol. The zero-order chi connectivity index (χ0) is 29.8. The van der Waals surface area contributed by atoms with Gasteiger partial charge >= 0.3 is 12.1 Å². The van der Waals surface area contributed by atoms with Gasteiger partial charge in [0, 0.05) is 26.2 Å². The highest BCUT2D eigenvalue weighted by Gasteiger charge is 2.37. The molecule has 2 fully saturated rings. The highest BCUT2D eigenvalue weighted by molar-refractivity contribution is 6.14. The van der Waals surface area contributed by atoms with E-state index in [0.717, 1.165) is 57.8 Å². The van der Waals surface area contributed by atoms with Crippen molar-refractivity contribution in [3.8, 4) is 0 Å². The maximum absolute atomic E-state index is 12.0. The molecule has 0 aromatic rings. The first-order valence-electron chi connectivity index (χ1n) is 14.2. The fraction of sp³-hybridized carbons (Fsp3) is 0.778. The second-order valence-corrected chi connectivity index (χ2v) is 9.35. The molecule has 2 heterocycles. The summed E-state index contributed by atoms with van der Waals surface area (Å²) in [4.78, 5) is 78.9. The fourth-order valence-electron chi connectivity index (χ4n) is 3.60. The zero-order valence-corrected chi connectivity index (χ0v) is 24.4. The Kier molecular flexibility index (Phi) is 19.5. The quantitative estimate of drug-likeness (QED) is 0.188. The molecule has 0 spiro atoms. The number of nitrogens with zero attached hydrogens (tertiary/aromatic N) is 4. The van der Waals surface area contributed by atoms with Crippen molar-refractivity contribution in [1.82, 2.24) is 19.6 Å². The number of imide groups is 4. The standard InChI is InChI=1S/2C12H20N2O3.C3H8O2/c2*1-3-5-7-13-10(15)9-11(16)14(12(13)17)8-6-4-2;1-2-3-5-4/h2*3-9H2,1-2H3;4H,2-3H2,1H3. The van der Waals surface area contributed by atoms with Crippen molar-refractivity contribution in [2.75, 3.05) is 32.8 Å². The van der Waals surface area contributed by atoms with Gasteiger partial charge in [0.1, 0.15) is 12.8 Å². The number of hydrogen-bond donors (Lipinski definition) is 1. The van der Waals surface area contributed by atoms with E-state index in [-0.39, 0.29) is 36.5 Å². The van der Waals surface area contributed by atoms with Gasteiger partial charge in [-0.05, 0) is 32.1 Å². The highest BCUT2D eigenvalue weighted by Crippen LogP contribution is 2.15. The molecule has 224 valence electrons. The summed E-state index contributed by atoms with van der Waals surface area (Å²) in [6.07, 6.45) is 7.34. The first kappa shape index (κ1) is 36.1. The fourth-order valence-corrected chi connectivity index (χ4v) is 3.60. The van der Waals surface area contributed by atoms with Gasteiger partial charge in [0.2, 0.25) is 23.6 Å². The average Bonchev–Trinajstić information content (AvgIpc) is 2.89. The van der Waals surface area contributed by atoms with Gasteiger partial charge in [-0.1, -0.05) is 60.3 Å². The van der Waals surface area contributed by atoms with Gasteiger partial charge in [-0.25, -0.2) is 14.5 Å². The Morgan fingerprint density at radius 1 is 0.513 bits per heavy atom. The van der Waals surface area contributed by atoms with Crippen LogP contribution in [0.3, 0.4) is 0 Å². The molecule has 12 nitrogen and oxygen atoms in total. The Labute approximate surface area is 232 Å². The van der Waals surface area contributed by atoms with Crippen LogP contribution in [0.2, 0.25) is 0 Å². The molecular weight excluding hydrogens is 508 g/mol. The molecule has 2 aliphatic rings. The lowest BCUT2D eigenvalue weighted by molar-refractivity contribution is -0.241. The molecule has 39 heavy (non-hydrogen) atoms. The minimum absolute atomic E-state index is 0.167. The number of carbonyl (C=O) groups excluding carboxylic acids is 6. The summed E-state index contributed by atoms with van der Waals surface area (Å²) in [5.74, 6) is -1.44. The Morgan fingerprint density at radius 2 is 0.769 bits per heavy atom. The predicted octanol–water partition coefficient (Wildman–Crippen LogP) is 4.42. The number of unbranched alkanes of at least 4 members (excludes halogenated alkanes) is 4. The van der Waals surface area contributed by atoms with Crippen molar-refractivity contribution in [2.24, 2.45) is 0 Å². The van der Waals surface area contributed by atoms with Crippen LogP contribution in [-0.2, 0) is 24.1 Å². The van der Waals surface area contributed by atoms with Crippen molar-refractivity contribution in [3.05, 3.63) is 0 Å². The summed E-state index contributed by atoms with van der Waals surface area (Å²) in [5.41, 5.74) is 0. The first-order chi connectivity index (χ1) is 18.6. The summed E-state index contributed by atoms with van der Waals surface area (Å²) in [5, 5.41) is 7.57. The predicted molar refractivity (Wildman–Crippen MR) is 145 cm³/mol. The maximum Gasteiger partial charge on any atom is 0.333 e. The molecule has 8 amide bonds. The average molecular weight is 557 g/mol. The SMILES string of the molecule is CCCCN1C(=O)CC(=O)N(CCCC)C1=O.CCCCN1C(=O)CC(=O)N(CCCC)C1=O.CCCOO. The zero-order valence-electron chi connectivity index (χ0n) is 24.4. The van der Waals surface area contributed by atoms with E-state index >= 15 is 0 Å². The number of rotatable bonds is 14. The van der Waals surface area contributed by atoms with E-state index in [1.54, 1.807) is 0 Å². The molecule has 0 aromatic heterocycles. The van der Waals surface area contributed by atoms with E-state index in [9.17, 15) is 28.8 Å². The first-order valence-corrected chi connectivity index (χ1v) is 14.2. The van der Waals surface area contributed by atoms with Crippen LogP contribution < -0.4 is 0 Å². The summed E-state index contributed by atoms with van der Waals surface area (Å²) < 4.78 is 0. The van der Waals surface area contributed by atoms with Crippen molar-refractivity contribution in [3.63, 3.8) is 0 Å². The van der Waals surface area contributed by atoms with Gasteiger partial charge in [0.15, 0.2) is 0 Å². The molecule has 0 aliphatic carbocycles. The Hall–Kier alpha value is -2.86. The van der Waals surface area contributed by atoms with Gasteiger partial charge in [0.25, 0.3) is 0 Å². The Bertz CT molecular complexity index is 685. The number of carbonyl (C=O) groups is 6. The Morgan fingerprint density at radius 3 is 0.923 bits per heavy atom. The van der Waals surface area contributed by atoms with Crippen molar-refractivity contribution < 1.29 is 38.9 Å². The molecule has 0 bridgehead atoms. The lowest BCUT2D eigenvalue weighted by atomic mass is 10.2. The summed E-state index contributed by atoms with van der Waals surface area (Å²) in [6, 6.07) is -0.874. The van der Waals surface area contributed by atoms with Crippen LogP contribution in [0.5, 0.6) is 0 Å². The minimum atomic E-state index is -0.437. The van der Waals surface area contributed by atoms with Crippen molar-refractivity contribution in [1.29, 1.82) is 0 Å². The largest absolute Gasteiger partial charge is 0.333 e. The molecular formula is C27H48N4O8. The van der Waals surface area contributed by atoms with Crippen LogP contribution in [-0.4, -0.2) is 93.3 Å². The summed E-state index contributed by atoms with van der Waals surface area (Å²) in [7, 11) is 0. The topological polar surface area (TPSA) is 145 Å². The van der Waals surface area contributed by atoms with Crippen LogP contribution in [0.4, 0.5) is 9.59 Å². The lowest BCUT2D eigenvalue weighted by Gasteiger charge is -2.32. The van der Waals surface area contributed by atoms with E-state index in [1.807, 2.05) is 34.6 Å². The smallest absolute Gasteiger partial charge is 0.274 e. The molecule has 0 unspecified atom stereocenters. The molecule has 2 aliphatic heterocycles. The molecule has 2 rings (SSSR count). The minimum Gasteiger partial charge on any atom is -0.274 e. The molecule has 1 N–H and O–H groups in total. The number of barbiturate groups is 2. The van der Waals surface area contributed by atoms with Gasteiger partial charge in [0.05, 0.1) is 6.61 Å². The molecule has 0 saturated carbocycles. The second-order valence-electron chi connectivity index (χ2n) is 9.35. The van der Waals surface area contributed by atoms with E-state index < -0.39 is 12.1 Å². The summed E-state index contributed by atoms with van der Waals surface area (Å²) >= 11 is 0. The second kappa shape index (κ2) is 21.0. The van der Waals surface area contributed by atoms with Gasteiger partial charge < -0.3 is 0 Å². The highest BCUT2D eigenvalue weighted by atomic mass is 17.1. The molecule has 0 aromatic carbocycles. The third-order valence-corrected chi connectivity index (χ3v) is 5.97. The lowest BCUT2D eigenvalue weighted by Crippen LogP contribution is -2.55. The van der Waals surface area contributed by atoms with Crippen molar-refractivity contribution in [2.45, 2.75) is 105 Å². The molecule has 2 saturated heterocycles. The van der Waals surface area contributed by atoms with Gasteiger partial charge in [-0.15, -0.1) is 0 Å². The van der Waals surface area contributed by atoms with Crippen LogP contribution in [0.15, 0.2) is 0 Å². The van der Waals surface area contributed by atoms with E-state index in [0.29, 0.717) is 32.8 Å². The van der Waals surface area contributed by atoms with Crippen LogP contribution in [0.25, 0.3) is 0 Å². The maximum atomic E-state index is 12.0.